The van der Waals surface area contributed by atoms with Crippen molar-refractivity contribution in [2.24, 2.45) is 0 Å². The van der Waals surface area contributed by atoms with Gasteiger partial charge in [0.15, 0.2) is 5.13 Å². The number of H-pyrrole nitrogens is 1. The molecule has 1 N–H and O–H groups in total. The molecule has 4 aromatic rings. The Balaban J connectivity index is 1.18. The van der Waals surface area contributed by atoms with Gasteiger partial charge in [0.1, 0.15) is 0 Å². The number of pyridine rings is 2. The quantitative estimate of drug-likeness (QED) is 0.416. The molecule has 2 saturated heterocycles. The summed E-state index contributed by atoms with van der Waals surface area (Å²) in [5.41, 5.74) is 0.867. The van der Waals surface area contributed by atoms with Crippen molar-refractivity contribution in [1.29, 1.82) is 0 Å². The van der Waals surface area contributed by atoms with Crippen LogP contribution in [0.15, 0.2) is 35.5 Å². The van der Waals surface area contributed by atoms with E-state index in [1.807, 2.05) is 17.0 Å². The second-order valence-electron chi connectivity index (χ2n) is 9.73. The SMILES string of the molecule is CN(CCCN1CCCC1=O)C1CCN(c2nc3c4ccncc4c4c(=O)[nH]ccc4c3s2)CC1. The van der Waals surface area contributed by atoms with Gasteiger partial charge in [0, 0.05) is 73.4 Å². The van der Waals surface area contributed by atoms with Crippen molar-refractivity contribution in [3.63, 3.8) is 0 Å². The highest BCUT2D eigenvalue weighted by atomic mass is 32.1. The number of nitrogens with zero attached hydrogens (tertiary/aromatic N) is 5. The molecule has 0 atom stereocenters. The molecule has 182 valence electrons. The van der Waals surface area contributed by atoms with Crippen LogP contribution in [0.3, 0.4) is 0 Å². The summed E-state index contributed by atoms with van der Waals surface area (Å²) in [6.07, 6.45) is 10.2. The Morgan fingerprint density at radius 2 is 2.00 bits per heavy atom. The molecule has 35 heavy (non-hydrogen) atoms. The van der Waals surface area contributed by atoms with Crippen LogP contribution in [-0.2, 0) is 4.79 Å². The molecular weight excluding hydrogens is 460 g/mol. The van der Waals surface area contributed by atoms with E-state index in [1.165, 1.54) is 0 Å². The smallest absolute Gasteiger partial charge is 0.256 e. The molecule has 6 rings (SSSR count). The van der Waals surface area contributed by atoms with Crippen molar-refractivity contribution < 1.29 is 4.79 Å². The number of hydrogen-bond acceptors (Lipinski definition) is 7. The van der Waals surface area contributed by atoms with Crippen molar-refractivity contribution in [2.75, 3.05) is 44.7 Å². The zero-order valence-corrected chi connectivity index (χ0v) is 20.8. The number of fused-ring (bicyclic) bond motifs is 6. The Hall–Kier alpha value is -3.04. The minimum Gasteiger partial charge on any atom is -0.348 e. The fourth-order valence-electron chi connectivity index (χ4n) is 5.68. The maximum atomic E-state index is 12.7. The third kappa shape index (κ3) is 4.06. The number of rotatable bonds is 6. The van der Waals surface area contributed by atoms with E-state index in [-0.39, 0.29) is 5.56 Å². The maximum Gasteiger partial charge on any atom is 0.256 e. The normalized spacial score (nSPS) is 17.6. The third-order valence-corrected chi connectivity index (χ3v) is 8.78. The summed E-state index contributed by atoms with van der Waals surface area (Å²) in [4.78, 5) is 43.5. The van der Waals surface area contributed by atoms with Crippen LogP contribution < -0.4 is 10.5 Å². The molecule has 0 bridgehead atoms. The van der Waals surface area contributed by atoms with E-state index in [9.17, 15) is 9.59 Å². The topological polar surface area (TPSA) is 85.4 Å². The van der Waals surface area contributed by atoms with E-state index < -0.39 is 0 Å². The Labute approximate surface area is 207 Å². The van der Waals surface area contributed by atoms with Crippen LogP contribution >= 0.6 is 11.3 Å². The zero-order chi connectivity index (χ0) is 23.9. The first-order valence-corrected chi connectivity index (χ1v) is 13.3. The van der Waals surface area contributed by atoms with Crippen molar-refractivity contribution in [3.05, 3.63) is 41.1 Å². The number of nitrogens with one attached hydrogen (secondary N) is 1. The number of thiazole rings is 1. The van der Waals surface area contributed by atoms with Crippen LogP contribution in [0.1, 0.15) is 32.1 Å². The molecule has 3 aromatic heterocycles. The first-order valence-electron chi connectivity index (χ1n) is 12.5. The van der Waals surface area contributed by atoms with E-state index >= 15 is 0 Å². The largest absolute Gasteiger partial charge is 0.348 e. The summed E-state index contributed by atoms with van der Waals surface area (Å²) < 4.78 is 1.07. The van der Waals surface area contributed by atoms with Gasteiger partial charge in [0.05, 0.1) is 15.6 Å². The molecule has 0 radical (unpaired) electrons. The highest BCUT2D eigenvalue weighted by Gasteiger charge is 2.26. The molecule has 2 aliphatic rings. The van der Waals surface area contributed by atoms with Gasteiger partial charge >= 0.3 is 0 Å². The second kappa shape index (κ2) is 9.20. The van der Waals surface area contributed by atoms with E-state index in [2.05, 4.69) is 26.8 Å². The van der Waals surface area contributed by atoms with Crippen molar-refractivity contribution in [2.45, 2.75) is 38.1 Å². The number of anilines is 1. The molecular formula is C26H30N6O2S. The van der Waals surface area contributed by atoms with Gasteiger partial charge in [-0.25, -0.2) is 4.98 Å². The predicted molar refractivity (Wildman–Crippen MR) is 141 cm³/mol. The molecule has 2 fully saturated rings. The Morgan fingerprint density at radius 3 is 2.80 bits per heavy atom. The van der Waals surface area contributed by atoms with E-state index in [1.54, 1.807) is 29.9 Å². The Kier molecular flexibility index (Phi) is 5.89. The molecule has 0 aliphatic carbocycles. The second-order valence-corrected chi connectivity index (χ2v) is 10.7. The van der Waals surface area contributed by atoms with Crippen molar-refractivity contribution >= 4 is 54.1 Å². The molecule has 0 spiro atoms. The van der Waals surface area contributed by atoms with E-state index in [4.69, 9.17) is 4.98 Å². The van der Waals surface area contributed by atoms with Crippen LogP contribution in [0.4, 0.5) is 5.13 Å². The lowest BCUT2D eigenvalue weighted by Crippen LogP contribution is -2.44. The monoisotopic (exact) mass is 490 g/mol. The lowest BCUT2D eigenvalue weighted by molar-refractivity contribution is -0.127. The fraction of sp³-hybridized carbons (Fsp3) is 0.462. The number of hydrogen-bond donors (Lipinski definition) is 1. The fourth-order valence-corrected chi connectivity index (χ4v) is 6.84. The lowest BCUT2D eigenvalue weighted by atomic mass is 10.0. The maximum absolute atomic E-state index is 12.7. The van der Waals surface area contributed by atoms with Gasteiger partial charge < -0.3 is 19.7 Å². The van der Waals surface area contributed by atoms with Gasteiger partial charge in [-0.2, -0.15) is 0 Å². The summed E-state index contributed by atoms with van der Waals surface area (Å²) >= 11 is 1.69. The van der Waals surface area contributed by atoms with Gasteiger partial charge in [-0.1, -0.05) is 11.3 Å². The van der Waals surface area contributed by atoms with Crippen LogP contribution in [0, 0.1) is 0 Å². The average Bonchev–Trinajstić information content (AvgIpc) is 3.51. The first-order chi connectivity index (χ1) is 17.1. The lowest BCUT2D eigenvalue weighted by Gasteiger charge is -2.36. The summed E-state index contributed by atoms with van der Waals surface area (Å²) in [5.74, 6) is 0.318. The van der Waals surface area contributed by atoms with Crippen molar-refractivity contribution in [1.82, 2.24) is 24.8 Å². The molecule has 0 unspecified atom stereocenters. The number of carbonyl (C=O) groups is 1. The molecule has 8 nitrogen and oxygen atoms in total. The van der Waals surface area contributed by atoms with Gasteiger partial charge in [-0.3, -0.25) is 14.6 Å². The summed E-state index contributed by atoms with van der Waals surface area (Å²) in [6, 6.07) is 4.50. The number of benzene rings is 1. The number of aromatic amines is 1. The van der Waals surface area contributed by atoms with Gasteiger partial charge in [-0.15, -0.1) is 0 Å². The van der Waals surface area contributed by atoms with Crippen molar-refractivity contribution in [3.8, 4) is 0 Å². The molecule has 0 saturated carbocycles. The zero-order valence-electron chi connectivity index (χ0n) is 20.0. The first kappa shape index (κ1) is 22.4. The van der Waals surface area contributed by atoms with Crippen LogP contribution in [-0.4, -0.2) is 76.5 Å². The van der Waals surface area contributed by atoms with Gasteiger partial charge in [0.25, 0.3) is 5.56 Å². The number of amides is 1. The predicted octanol–water partition coefficient (Wildman–Crippen LogP) is 3.60. The number of aromatic nitrogens is 3. The van der Waals surface area contributed by atoms with E-state index in [0.29, 0.717) is 17.3 Å². The summed E-state index contributed by atoms with van der Waals surface area (Å²) in [6.45, 7) is 4.78. The van der Waals surface area contributed by atoms with Gasteiger partial charge in [0.2, 0.25) is 5.91 Å². The Bertz CT molecular complexity index is 1460. The number of likely N-dealkylation sites (tertiary alicyclic amines) is 1. The van der Waals surface area contributed by atoms with Crippen LogP contribution in [0.25, 0.3) is 31.8 Å². The standard InChI is InChI=1S/C26H30N6O2S/c1-30(11-3-13-31-12-2-4-21(31)33)17-7-14-32(15-8-17)26-29-23-18-5-9-27-16-20(18)22-19(24(23)35-26)6-10-28-25(22)34/h5-6,9-10,16-17H,2-4,7-8,11-15H2,1H3,(H,28,34). The molecule has 1 amide bonds. The highest BCUT2D eigenvalue weighted by molar-refractivity contribution is 7.23. The van der Waals surface area contributed by atoms with Crippen LogP contribution in [0.5, 0.6) is 0 Å². The summed E-state index contributed by atoms with van der Waals surface area (Å²) in [5, 5.41) is 4.49. The molecule has 1 aromatic carbocycles. The number of piperidine rings is 1. The molecule has 9 heteroatoms. The van der Waals surface area contributed by atoms with E-state index in [0.717, 1.165) is 96.3 Å². The highest BCUT2D eigenvalue weighted by Crippen LogP contribution is 2.39. The minimum absolute atomic E-state index is 0.0877. The van der Waals surface area contributed by atoms with Crippen LogP contribution in [0.2, 0.25) is 0 Å². The summed E-state index contributed by atoms with van der Waals surface area (Å²) in [7, 11) is 2.22. The average molecular weight is 491 g/mol. The minimum atomic E-state index is -0.0877. The number of carbonyl (C=O) groups excluding carboxylic acids is 1. The Morgan fingerprint density at radius 1 is 1.14 bits per heavy atom. The molecule has 2 aliphatic heterocycles. The molecule has 5 heterocycles. The van der Waals surface area contributed by atoms with Gasteiger partial charge in [-0.05, 0) is 51.4 Å². The third-order valence-electron chi connectivity index (χ3n) is 7.64.